The topological polar surface area (TPSA) is 84.4 Å². The number of carboxylic acid groups (broad SMARTS) is 1. The van der Waals surface area contributed by atoms with E-state index in [1.807, 2.05) is 0 Å². The number of H-pyrrole nitrogens is 1. The Bertz CT molecular complexity index is 672. The lowest BCUT2D eigenvalue weighted by molar-refractivity contribution is 0.0690. The summed E-state index contributed by atoms with van der Waals surface area (Å²) in [7, 11) is 2.71. The van der Waals surface area contributed by atoms with Crippen LogP contribution in [0.3, 0.4) is 0 Å². The Morgan fingerprint density at radius 3 is 2.60 bits per heavy atom. The summed E-state index contributed by atoms with van der Waals surface area (Å²) >= 11 is 5.78. The fourth-order valence-corrected chi connectivity index (χ4v) is 1.92. The molecule has 1 heterocycles. The number of aromatic nitrogens is 2. The highest BCUT2D eigenvalue weighted by Gasteiger charge is 2.23. The standard InChI is InChI=1S/C12H10ClFN2O4/c1-19-8-3-5(13)10(14)9(11(8)20-2)6-4-7(12(17)18)16-15-6/h3-4H,1-2H3,(H,15,16)(H,17,18). The first-order chi connectivity index (χ1) is 9.49. The van der Waals surface area contributed by atoms with Crippen molar-refractivity contribution >= 4 is 17.6 Å². The second kappa shape index (κ2) is 5.38. The molecule has 2 aromatic rings. The molecule has 0 radical (unpaired) electrons. The Hall–Kier alpha value is -2.28. The van der Waals surface area contributed by atoms with Crippen LogP contribution in [0.15, 0.2) is 12.1 Å². The largest absolute Gasteiger partial charge is 0.493 e. The fraction of sp³-hybridized carbons (Fsp3) is 0.167. The van der Waals surface area contributed by atoms with Gasteiger partial charge in [0, 0.05) is 6.07 Å². The summed E-state index contributed by atoms with van der Waals surface area (Å²) in [5.74, 6) is -1.68. The van der Waals surface area contributed by atoms with Gasteiger partial charge < -0.3 is 14.6 Å². The molecule has 0 bridgehead atoms. The van der Waals surface area contributed by atoms with Crippen LogP contribution >= 0.6 is 11.6 Å². The molecule has 0 aliphatic rings. The quantitative estimate of drug-likeness (QED) is 0.906. The van der Waals surface area contributed by atoms with Crippen molar-refractivity contribution in [3.05, 3.63) is 28.7 Å². The number of halogens is 2. The summed E-state index contributed by atoms with van der Waals surface area (Å²) in [6.45, 7) is 0. The van der Waals surface area contributed by atoms with Crippen molar-refractivity contribution in [3.8, 4) is 22.8 Å². The molecular weight excluding hydrogens is 291 g/mol. The molecule has 2 N–H and O–H groups in total. The first-order valence-corrected chi connectivity index (χ1v) is 5.76. The number of hydrogen-bond donors (Lipinski definition) is 2. The molecule has 8 heteroatoms. The summed E-state index contributed by atoms with van der Waals surface area (Å²) in [6.07, 6.45) is 0. The molecule has 0 fully saturated rings. The van der Waals surface area contributed by atoms with Gasteiger partial charge in [0.1, 0.15) is 5.69 Å². The van der Waals surface area contributed by atoms with Crippen molar-refractivity contribution in [1.29, 1.82) is 0 Å². The van der Waals surface area contributed by atoms with Gasteiger partial charge in [-0.2, -0.15) is 5.10 Å². The van der Waals surface area contributed by atoms with Gasteiger partial charge in [0.15, 0.2) is 17.3 Å². The molecule has 1 aromatic heterocycles. The third-order valence-corrected chi connectivity index (χ3v) is 2.90. The van der Waals surface area contributed by atoms with Gasteiger partial charge in [-0.25, -0.2) is 9.18 Å². The Kier molecular flexibility index (Phi) is 3.80. The van der Waals surface area contributed by atoms with Gasteiger partial charge in [0.05, 0.1) is 30.5 Å². The molecule has 6 nitrogen and oxygen atoms in total. The molecule has 0 saturated heterocycles. The van der Waals surface area contributed by atoms with E-state index < -0.39 is 11.8 Å². The maximum Gasteiger partial charge on any atom is 0.353 e. The Morgan fingerprint density at radius 1 is 1.40 bits per heavy atom. The predicted molar refractivity (Wildman–Crippen MR) is 69.1 cm³/mol. The Labute approximate surface area is 118 Å². The van der Waals surface area contributed by atoms with E-state index in [-0.39, 0.29) is 33.5 Å². The van der Waals surface area contributed by atoms with Gasteiger partial charge in [-0.05, 0) is 6.07 Å². The Morgan fingerprint density at radius 2 is 2.10 bits per heavy atom. The van der Waals surface area contributed by atoms with Crippen LogP contribution in [0.4, 0.5) is 4.39 Å². The molecule has 1 aromatic carbocycles. The van der Waals surface area contributed by atoms with Crippen LogP contribution in [0.5, 0.6) is 11.5 Å². The lowest BCUT2D eigenvalue weighted by Gasteiger charge is -2.13. The third kappa shape index (κ3) is 2.27. The second-order valence-corrected chi connectivity index (χ2v) is 4.16. The van der Waals surface area contributed by atoms with E-state index in [0.29, 0.717) is 0 Å². The molecule has 106 valence electrons. The third-order valence-electron chi connectivity index (χ3n) is 2.63. The number of nitrogens with zero attached hydrogens (tertiary/aromatic N) is 1. The number of carboxylic acids is 1. The normalized spacial score (nSPS) is 10.4. The first-order valence-electron chi connectivity index (χ1n) is 5.38. The summed E-state index contributed by atoms with van der Waals surface area (Å²) in [4.78, 5) is 10.8. The summed E-state index contributed by atoms with van der Waals surface area (Å²) in [5.41, 5.74) is -0.196. The van der Waals surface area contributed by atoms with Crippen LogP contribution in [0.25, 0.3) is 11.3 Å². The molecule has 0 unspecified atom stereocenters. The van der Waals surface area contributed by atoms with Crippen molar-refractivity contribution in [3.63, 3.8) is 0 Å². The van der Waals surface area contributed by atoms with E-state index in [0.717, 1.165) is 0 Å². The van der Waals surface area contributed by atoms with Crippen molar-refractivity contribution in [1.82, 2.24) is 10.2 Å². The van der Waals surface area contributed by atoms with Gasteiger partial charge in [-0.1, -0.05) is 11.6 Å². The summed E-state index contributed by atoms with van der Waals surface area (Å²) < 4.78 is 24.4. The van der Waals surface area contributed by atoms with Crippen LogP contribution in [-0.2, 0) is 0 Å². The van der Waals surface area contributed by atoms with E-state index in [4.69, 9.17) is 26.2 Å². The van der Waals surface area contributed by atoms with Crippen LogP contribution in [0.1, 0.15) is 10.5 Å². The minimum absolute atomic E-state index is 0.0533. The van der Waals surface area contributed by atoms with E-state index >= 15 is 0 Å². The number of nitrogens with one attached hydrogen (secondary N) is 1. The average molecular weight is 301 g/mol. The highest BCUT2D eigenvalue weighted by Crippen LogP contribution is 2.42. The van der Waals surface area contributed by atoms with Gasteiger partial charge >= 0.3 is 5.97 Å². The maximum atomic E-state index is 14.2. The number of aromatic carboxylic acids is 1. The number of benzene rings is 1. The van der Waals surface area contributed by atoms with Gasteiger partial charge in [0.2, 0.25) is 0 Å². The lowest BCUT2D eigenvalue weighted by Crippen LogP contribution is -1.97. The minimum atomic E-state index is -1.21. The zero-order valence-corrected chi connectivity index (χ0v) is 11.3. The van der Waals surface area contributed by atoms with Crippen LogP contribution in [-0.4, -0.2) is 35.5 Å². The molecule has 2 rings (SSSR count). The number of aromatic amines is 1. The fourth-order valence-electron chi connectivity index (χ4n) is 1.73. The zero-order valence-electron chi connectivity index (χ0n) is 10.5. The summed E-state index contributed by atoms with van der Waals surface area (Å²) in [6, 6.07) is 2.45. The van der Waals surface area contributed by atoms with E-state index in [2.05, 4.69) is 10.2 Å². The van der Waals surface area contributed by atoms with Crippen molar-refractivity contribution in [2.24, 2.45) is 0 Å². The van der Waals surface area contributed by atoms with E-state index in [1.54, 1.807) is 0 Å². The van der Waals surface area contributed by atoms with Crippen LogP contribution in [0.2, 0.25) is 5.02 Å². The van der Waals surface area contributed by atoms with Crippen LogP contribution in [0, 0.1) is 5.82 Å². The molecule has 0 aliphatic heterocycles. The SMILES string of the molecule is COc1cc(Cl)c(F)c(-c2cc(C(=O)O)[nH]n2)c1OC. The number of rotatable bonds is 4. The molecule has 0 spiro atoms. The molecule has 0 amide bonds. The highest BCUT2D eigenvalue weighted by molar-refractivity contribution is 6.31. The smallest absolute Gasteiger partial charge is 0.353 e. The number of carbonyl (C=O) groups is 1. The monoisotopic (exact) mass is 300 g/mol. The van der Waals surface area contributed by atoms with Gasteiger partial charge in [-0.15, -0.1) is 0 Å². The zero-order chi connectivity index (χ0) is 14.9. The molecular formula is C12H10ClFN2O4. The Balaban J connectivity index is 2.70. The maximum absolute atomic E-state index is 14.2. The average Bonchev–Trinajstić information content (AvgIpc) is 2.90. The number of hydrogen-bond acceptors (Lipinski definition) is 4. The van der Waals surface area contributed by atoms with Crippen molar-refractivity contribution in [2.45, 2.75) is 0 Å². The van der Waals surface area contributed by atoms with Crippen LogP contribution < -0.4 is 9.47 Å². The molecule has 20 heavy (non-hydrogen) atoms. The van der Waals surface area contributed by atoms with Crippen molar-refractivity contribution in [2.75, 3.05) is 14.2 Å². The van der Waals surface area contributed by atoms with E-state index in [9.17, 15) is 9.18 Å². The summed E-state index contributed by atoms with van der Waals surface area (Å²) in [5, 5.41) is 14.7. The van der Waals surface area contributed by atoms with Gasteiger partial charge in [-0.3, -0.25) is 5.10 Å². The van der Waals surface area contributed by atoms with Gasteiger partial charge in [0.25, 0.3) is 0 Å². The predicted octanol–water partition coefficient (Wildman–Crippen LogP) is 2.58. The van der Waals surface area contributed by atoms with Crippen molar-refractivity contribution < 1.29 is 23.8 Å². The van der Waals surface area contributed by atoms with E-state index in [1.165, 1.54) is 26.4 Å². The first kappa shape index (κ1) is 14.1. The minimum Gasteiger partial charge on any atom is -0.493 e. The molecule has 0 atom stereocenters. The second-order valence-electron chi connectivity index (χ2n) is 3.75. The number of ether oxygens (including phenoxy) is 2. The lowest BCUT2D eigenvalue weighted by atomic mass is 10.1. The highest BCUT2D eigenvalue weighted by atomic mass is 35.5. The number of methoxy groups -OCH3 is 2. The molecule has 0 saturated carbocycles. The molecule has 0 aliphatic carbocycles.